The molecule has 0 fully saturated rings. The largest absolute Gasteiger partial charge is 0.435 e. The van der Waals surface area contributed by atoms with E-state index in [-0.39, 0.29) is 38.4 Å². The molecule has 0 saturated carbocycles. The van der Waals surface area contributed by atoms with Crippen LogP contribution in [0, 0.1) is 11.3 Å². The first-order chi connectivity index (χ1) is 16.1. The molecule has 3 aromatic rings. The zero-order chi connectivity index (χ0) is 25.0. The summed E-state index contributed by atoms with van der Waals surface area (Å²) in [6.07, 6.45) is -5.29. The van der Waals surface area contributed by atoms with Crippen molar-refractivity contribution in [2.45, 2.75) is 12.7 Å². The second-order valence-electron chi connectivity index (χ2n) is 6.11. The number of amides is 1. The van der Waals surface area contributed by atoms with Gasteiger partial charge in [-0.25, -0.2) is 32.7 Å². The first-order valence-corrected chi connectivity index (χ1v) is 9.54. The molecule has 1 unspecified atom stereocenters. The lowest BCUT2D eigenvalue weighted by Crippen LogP contribution is -2.24. The third-order valence-corrected chi connectivity index (χ3v) is 4.49. The van der Waals surface area contributed by atoms with E-state index in [0.29, 0.717) is 4.57 Å². The van der Waals surface area contributed by atoms with Gasteiger partial charge in [0.15, 0.2) is 5.75 Å². The summed E-state index contributed by atoms with van der Waals surface area (Å²) in [7, 11) is 0. The topological polar surface area (TPSA) is 158 Å². The molecule has 2 heterocycles. The number of nitrogens with two attached hydrogens (primary N) is 1. The molecular weight excluding hydrogens is 506 g/mol. The molecule has 1 atom stereocenters. The molecule has 0 aliphatic heterocycles. The molecule has 1 amide bonds. The van der Waals surface area contributed by atoms with Crippen LogP contribution in [-0.2, 0) is 9.53 Å². The molecule has 3 N–H and O–H groups in total. The van der Waals surface area contributed by atoms with Gasteiger partial charge >= 0.3 is 12.1 Å². The molecule has 0 bridgehead atoms. The van der Waals surface area contributed by atoms with Crippen molar-refractivity contribution in [2.24, 2.45) is 10.8 Å². The number of nitrogens with zero attached hydrogens (tertiary/aromatic N) is 5. The average molecular weight is 516 g/mol. The molecule has 176 valence electrons. The Morgan fingerprint density at radius 1 is 1.24 bits per heavy atom. The number of carbonyl (C=O) groups excluding carboxylic acids is 2. The molecule has 1 aromatic carbocycles. The SMILES string of the molecule is N#CC(=NNc1cc(Cl)c(Oc2ncnc3c2ccn3C(F)C(F)F)c(Cl)c1)C(=O)OC(N)=O. The number of benzene rings is 1. The van der Waals surface area contributed by atoms with E-state index in [2.05, 4.69) is 25.2 Å². The van der Waals surface area contributed by atoms with Crippen molar-refractivity contribution in [3.05, 3.63) is 40.8 Å². The molecule has 3 rings (SSSR count). The smallest absolute Gasteiger partial charge is 0.412 e. The van der Waals surface area contributed by atoms with Gasteiger partial charge in [-0.2, -0.15) is 10.4 Å². The van der Waals surface area contributed by atoms with Gasteiger partial charge in [0, 0.05) is 6.20 Å². The van der Waals surface area contributed by atoms with Crippen LogP contribution in [0.2, 0.25) is 10.0 Å². The maximum Gasteiger partial charge on any atom is 0.412 e. The fourth-order valence-electron chi connectivity index (χ4n) is 2.54. The summed E-state index contributed by atoms with van der Waals surface area (Å²) in [5, 5.41) is 12.3. The van der Waals surface area contributed by atoms with Gasteiger partial charge < -0.3 is 15.2 Å². The van der Waals surface area contributed by atoms with Crippen LogP contribution in [0.1, 0.15) is 6.30 Å². The third kappa shape index (κ3) is 5.27. The monoisotopic (exact) mass is 515 g/mol. The van der Waals surface area contributed by atoms with Gasteiger partial charge in [0.25, 0.3) is 6.43 Å². The van der Waals surface area contributed by atoms with Gasteiger partial charge in [0.05, 0.1) is 21.1 Å². The van der Waals surface area contributed by atoms with Crippen molar-refractivity contribution in [3.8, 4) is 17.7 Å². The molecule has 0 spiro atoms. The summed E-state index contributed by atoms with van der Waals surface area (Å²) < 4.78 is 49.6. The second kappa shape index (κ2) is 10.2. The van der Waals surface area contributed by atoms with Crippen molar-refractivity contribution < 1.29 is 32.2 Å². The van der Waals surface area contributed by atoms with E-state index in [1.807, 2.05) is 0 Å². The van der Waals surface area contributed by atoms with E-state index < -0.39 is 30.5 Å². The minimum absolute atomic E-state index is 0.0921. The van der Waals surface area contributed by atoms with Crippen LogP contribution >= 0.6 is 23.2 Å². The van der Waals surface area contributed by atoms with Crippen LogP contribution in [0.15, 0.2) is 35.8 Å². The predicted octanol–water partition coefficient (Wildman–Crippen LogP) is 4.18. The van der Waals surface area contributed by atoms with Crippen molar-refractivity contribution in [1.82, 2.24) is 14.5 Å². The second-order valence-corrected chi connectivity index (χ2v) is 6.92. The van der Waals surface area contributed by atoms with Crippen molar-refractivity contribution in [3.63, 3.8) is 0 Å². The van der Waals surface area contributed by atoms with Crippen molar-refractivity contribution in [2.75, 3.05) is 5.43 Å². The van der Waals surface area contributed by atoms with Gasteiger partial charge in [-0.1, -0.05) is 23.2 Å². The number of aromatic nitrogens is 3. The van der Waals surface area contributed by atoms with Gasteiger partial charge in [-0.05, 0) is 18.2 Å². The molecule has 0 aliphatic rings. The lowest BCUT2D eigenvalue weighted by molar-refractivity contribution is -0.129. The van der Waals surface area contributed by atoms with Gasteiger partial charge in [-0.15, -0.1) is 0 Å². The van der Waals surface area contributed by atoms with Crippen LogP contribution in [0.5, 0.6) is 11.6 Å². The van der Waals surface area contributed by atoms with E-state index in [4.69, 9.17) is 38.9 Å². The molecule has 2 aromatic heterocycles. The maximum atomic E-state index is 13.8. The zero-order valence-corrected chi connectivity index (χ0v) is 17.9. The van der Waals surface area contributed by atoms with Gasteiger partial charge in [0.2, 0.25) is 17.9 Å². The quantitative estimate of drug-likeness (QED) is 0.205. The molecule has 0 aliphatic carbocycles. The number of rotatable bonds is 7. The number of carbonyl (C=O) groups is 2. The van der Waals surface area contributed by atoms with Crippen LogP contribution in [0.4, 0.5) is 23.7 Å². The number of nitrogens with one attached hydrogen (secondary N) is 1. The Bertz CT molecular complexity index is 1320. The highest BCUT2D eigenvalue weighted by atomic mass is 35.5. The summed E-state index contributed by atoms with van der Waals surface area (Å²) in [4.78, 5) is 29.8. The Balaban J connectivity index is 1.87. The summed E-state index contributed by atoms with van der Waals surface area (Å²) in [5.74, 6) is -1.64. The highest BCUT2D eigenvalue weighted by Crippen LogP contribution is 2.40. The Labute approximate surface area is 197 Å². The van der Waals surface area contributed by atoms with Crippen LogP contribution < -0.4 is 15.9 Å². The van der Waals surface area contributed by atoms with Crippen molar-refractivity contribution in [1.29, 1.82) is 5.26 Å². The Morgan fingerprint density at radius 2 is 1.91 bits per heavy atom. The van der Waals surface area contributed by atoms with E-state index in [1.165, 1.54) is 24.3 Å². The van der Waals surface area contributed by atoms with Gasteiger partial charge in [0.1, 0.15) is 18.0 Å². The normalized spacial score (nSPS) is 12.3. The predicted molar refractivity (Wildman–Crippen MR) is 113 cm³/mol. The number of nitriles is 1. The lowest BCUT2D eigenvalue weighted by atomic mass is 10.3. The minimum atomic E-state index is -3.28. The number of ether oxygens (including phenoxy) is 2. The van der Waals surface area contributed by atoms with Crippen molar-refractivity contribution >= 4 is 57.7 Å². The highest BCUT2D eigenvalue weighted by molar-refractivity contribution is 6.44. The highest BCUT2D eigenvalue weighted by Gasteiger charge is 2.24. The van der Waals surface area contributed by atoms with E-state index >= 15 is 0 Å². The average Bonchev–Trinajstić information content (AvgIpc) is 3.20. The number of anilines is 1. The standard InChI is InChI=1S/C18H10Cl2F3N7O4/c19-9-3-7(28-29-11(5-24)17(31)34-18(25)32)4-10(20)12(9)33-16-8-1-2-30(14(23)13(21)22)15(8)26-6-27-16/h1-4,6,13-14,28H,(H2,25,32). The molecule has 0 saturated heterocycles. The summed E-state index contributed by atoms with van der Waals surface area (Å²) in [5.41, 5.74) is 6.15. The lowest BCUT2D eigenvalue weighted by Gasteiger charge is -2.12. The summed E-state index contributed by atoms with van der Waals surface area (Å²) in [6.45, 7) is 0. The summed E-state index contributed by atoms with van der Waals surface area (Å²) >= 11 is 12.4. The number of esters is 1. The summed E-state index contributed by atoms with van der Waals surface area (Å²) in [6, 6.07) is 5.18. The van der Waals surface area contributed by atoms with E-state index in [1.54, 1.807) is 0 Å². The zero-order valence-electron chi connectivity index (χ0n) is 16.4. The molecule has 34 heavy (non-hydrogen) atoms. The molecule has 11 nitrogen and oxygen atoms in total. The number of fused-ring (bicyclic) bond motifs is 1. The number of hydrogen-bond acceptors (Lipinski definition) is 9. The van der Waals surface area contributed by atoms with Gasteiger partial charge in [-0.3, -0.25) is 9.99 Å². The van der Waals surface area contributed by atoms with Crippen LogP contribution in [0.25, 0.3) is 11.0 Å². The maximum absolute atomic E-state index is 13.8. The van der Waals surface area contributed by atoms with E-state index in [0.717, 1.165) is 12.5 Å². The van der Waals surface area contributed by atoms with Crippen LogP contribution in [0.3, 0.4) is 0 Å². The van der Waals surface area contributed by atoms with Crippen LogP contribution in [-0.4, -0.2) is 38.7 Å². The fraction of sp³-hybridized carbons (Fsp3) is 0.111. The fourth-order valence-corrected chi connectivity index (χ4v) is 3.11. The van der Waals surface area contributed by atoms with E-state index in [9.17, 15) is 22.8 Å². The molecule has 0 radical (unpaired) electrons. The molecule has 16 heteroatoms. The first kappa shape index (κ1) is 24.6. The number of primary amides is 1. The first-order valence-electron chi connectivity index (χ1n) is 8.78. The Kier molecular flexibility index (Phi) is 7.39. The Morgan fingerprint density at radius 3 is 2.50 bits per heavy atom. The third-order valence-electron chi connectivity index (χ3n) is 3.93. The molecular formula is C18H10Cl2F3N7O4. The minimum Gasteiger partial charge on any atom is -0.435 e. The number of hydrogen-bond donors (Lipinski definition) is 2. The number of hydrazone groups is 1. The Hall–Kier alpha value is -4.09. The number of halogens is 5. The number of alkyl halides is 3.